The van der Waals surface area contributed by atoms with Crippen molar-refractivity contribution in [2.75, 3.05) is 26.2 Å². The van der Waals surface area contributed by atoms with E-state index < -0.39 is 24.5 Å². The molecule has 0 aromatic heterocycles. The number of likely N-dealkylation sites (tertiary alicyclic amines) is 2. The third-order valence-electron chi connectivity index (χ3n) is 4.57. The third-order valence-corrected chi connectivity index (χ3v) is 4.57. The van der Waals surface area contributed by atoms with Crippen molar-refractivity contribution < 1.29 is 22.8 Å². The highest BCUT2D eigenvalue weighted by Crippen LogP contribution is 2.29. The third kappa shape index (κ3) is 3.71. The molecule has 0 unspecified atom stereocenters. The summed E-state index contributed by atoms with van der Waals surface area (Å²) in [6.45, 7) is 1.48. The molecule has 0 aliphatic carbocycles. The normalized spacial score (nSPS) is 30.0. The second-order valence-electron chi connectivity index (χ2n) is 6.24. The Morgan fingerprint density at radius 1 is 1.41 bits per heavy atom. The van der Waals surface area contributed by atoms with Crippen molar-refractivity contribution in [3.63, 3.8) is 0 Å². The summed E-state index contributed by atoms with van der Waals surface area (Å²) in [4.78, 5) is 26.7. The second-order valence-corrected chi connectivity index (χ2v) is 6.24. The van der Waals surface area contributed by atoms with Gasteiger partial charge in [0.2, 0.25) is 11.8 Å². The number of rotatable bonds is 3. The fourth-order valence-corrected chi connectivity index (χ4v) is 3.42. The molecule has 0 bridgehead atoms. The molecule has 2 heterocycles. The molecule has 0 saturated carbocycles. The topological polar surface area (TPSA) is 66.6 Å². The van der Waals surface area contributed by atoms with Crippen molar-refractivity contribution >= 4 is 11.8 Å². The number of piperidine rings is 1. The van der Waals surface area contributed by atoms with E-state index in [9.17, 15) is 22.8 Å². The first-order valence-corrected chi connectivity index (χ1v) is 7.58. The number of carbonyl (C=O) groups is 2. The number of carbonyl (C=O) groups excluding carboxylic acids is 2. The average Bonchev–Trinajstić information content (AvgIpc) is 2.77. The summed E-state index contributed by atoms with van der Waals surface area (Å²) in [5.74, 6) is -1.26. The van der Waals surface area contributed by atoms with Crippen LogP contribution in [0.5, 0.6) is 0 Å². The summed E-state index contributed by atoms with van der Waals surface area (Å²) >= 11 is 0. The highest BCUT2D eigenvalue weighted by atomic mass is 19.4. The number of hydrogen-bond donors (Lipinski definition) is 1. The van der Waals surface area contributed by atoms with Crippen LogP contribution in [0.2, 0.25) is 0 Å². The van der Waals surface area contributed by atoms with Gasteiger partial charge in [0.05, 0.1) is 5.92 Å². The Morgan fingerprint density at radius 3 is 2.68 bits per heavy atom. The van der Waals surface area contributed by atoms with Gasteiger partial charge in [0, 0.05) is 32.1 Å². The van der Waals surface area contributed by atoms with Gasteiger partial charge < -0.3 is 15.5 Å². The van der Waals surface area contributed by atoms with Gasteiger partial charge in [-0.3, -0.25) is 9.59 Å². The van der Waals surface area contributed by atoms with Gasteiger partial charge in [-0.15, -0.1) is 0 Å². The van der Waals surface area contributed by atoms with E-state index in [0.717, 1.165) is 17.7 Å². The lowest BCUT2D eigenvalue weighted by Crippen LogP contribution is -2.53. The van der Waals surface area contributed by atoms with E-state index in [1.54, 1.807) is 4.90 Å². The van der Waals surface area contributed by atoms with Gasteiger partial charge in [-0.2, -0.15) is 13.2 Å². The van der Waals surface area contributed by atoms with E-state index >= 15 is 0 Å². The predicted octanol–water partition coefficient (Wildman–Crippen LogP) is 0.983. The monoisotopic (exact) mass is 321 g/mol. The van der Waals surface area contributed by atoms with Gasteiger partial charge in [0.1, 0.15) is 6.54 Å². The highest BCUT2D eigenvalue weighted by Gasteiger charge is 2.43. The van der Waals surface area contributed by atoms with Crippen molar-refractivity contribution in [3.8, 4) is 0 Å². The quantitative estimate of drug-likeness (QED) is 0.843. The fourth-order valence-electron chi connectivity index (χ4n) is 3.42. The van der Waals surface area contributed by atoms with Crippen LogP contribution >= 0.6 is 0 Å². The maximum absolute atomic E-state index is 12.6. The molecule has 2 aliphatic heterocycles. The summed E-state index contributed by atoms with van der Waals surface area (Å²) in [6.07, 6.45) is -2.74. The zero-order chi connectivity index (χ0) is 16.5. The molecule has 2 saturated heterocycles. The first kappa shape index (κ1) is 17.1. The molecule has 2 rings (SSSR count). The van der Waals surface area contributed by atoms with E-state index in [-0.39, 0.29) is 30.8 Å². The van der Waals surface area contributed by atoms with Crippen molar-refractivity contribution in [2.24, 2.45) is 17.6 Å². The minimum Gasteiger partial charge on any atom is -0.338 e. The zero-order valence-electron chi connectivity index (χ0n) is 12.6. The van der Waals surface area contributed by atoms with Crippen LogP contribution < -0.4 is 5.73 Å². The predicted molar refractivity (Wildman–Crippen MR) is 73.7 cm³/mol. The van der Waals surface area contributed by atoms with Crippen LogP contribution in [-0.4, -0.2) is 60.0 Å². The Kier molecular flexibility index (Phi) is 4.99. The van der Waals surface area contributed by atoms with Crippen molar-refractivity contribution in [1.29, 1.82) is 0 Å². The Hall–Kier alpha value is -1.31. The van der Waals surface area contributed by atoms with Crippen LogP contribution in [0, 0.1) is 11.8 Å². The summed E-state index contributed by atoms with van der Waals surface area (Å²) < 4.78 is 37.3. The molecule has 2 N–H and O–H groups in total. The van der Waals surface area contributed by atoms with Crippen LogP contribution in [-0.2, 0) is 9.59 Å². The van der Waals surface area contributed by atoms with E-state index in [1.165, 1.54) is 0 Å². The average molecular weight is 321 g/mol. The van der Waals surface area contributed by atoms with Gasteiger partial charge >= 0.3 is 6.18 Å². The van der Waals surface area contributed by atoms with Crippen LogP contribution in [0.3, 0.4) is 0 Å². The maximum atomic E-state index is 12.6. The van der Waals surface area contributed by atoms with E-state index in [0.29, 0.717) is 13.1 Å². The lowest BCUT2D eigenvalue weighted by atomic mass is 9.89. The summed E-state index contributed by atoms with van der Waals surface area (Å²) in [5.41, 5.74) is 5.74. The molecule has 22 heavy (non-hydrogen) atoms. The van der Waals surface area contributed by atoms with Crippen molar-refractivity contribution in [3.05, 3.63) is 0 Å². The number of nitrogens with two attached hydrogens (primary N) is 1. The van der Waals surface area contributed by atoms with Crippen molar-refractivity contribution in [1.82, 2.24) is 9.80 Å². The highest BCUT2D eigenvalue weighted by molar-refractivity contribution is 5.89. The number of hydrogen-bond acceptors (Lipinski definition) is 3. The molecule has 5 nitrogen and oxygen atoms in total. The van der Waals surface area contributed by atoms with Crippen LogP contribution in [0.1, 0.15) is 26.2 Å². The van der Waals surface area contributed by atoms with Gasteiger partial charge in [0.15, 0.2) is 0 Å². The molecule has 3 atom stereocenters. The number of amides is 2. The maximum Gasteiger partial charge on any atom is 0.406 e. The Bertz CT molecular complexity index is 442. The Morgan fingerprint density at radius 2 is 2.09 bits per heavy atom. The molecule has 0 radical (unpaired) electrons. The summed E-state index contributed by atoms with van der Waals surface area (Å²) in [5, 5.41) is 0. The van der Waals surface area contributed by atoms with E-state index in [4.69, 9.17) is 5.73 Å². The Balaban J connectivity index is 2.02. The first-order chi connectivity index (χ1) is 10.2. The minimum atomic E-state index is -4.44. The van der Waals surface area contributed by atoms with E-state index in [2.05, 4.69) is 0 Å². The largest absolute Gasteiger partial charge is 0.406 e. The molecule has 2 amide bonds. The molecule has 126 valence electrons. The van der Waals surface area contributed by atoms with Gasteiger partial charge in [-0.1, -0.05) is 6.92 Å². The second kappa shape index (κ2) is 6.44. The first-order valence-electron chi connectivity index (χ1n) is 7.58. The standard InChI is InChI=1S/C14H22F3N3O2/c1-9-3-2-4-20(11(9)6-18)13(22)10-5-12(21)19(7-10)8-14(15,16)17/h9-11H,2-8,18H2,1H3/t9-,10+,11-/m1/s1. The molecule has 0 spiro atoms. The fraction of sp³-hybridized carbons (Fsp3) is 0.857. The molecule has 0 aromatic rings. The molecule has 8 heteroatoms. The van der Waals surface area contributed by atoms with Gasteiger partial charge in [-0.05, 0) is 18.8 Å². The SMILES string of the molecule is C[C@@H]1CCCN(C(=O)[C@H]2CC(=O)N(CC(F)(F)F)C2)[C@@H]1CN. The molecule has 2 fully saturated rings. The minimum absolute atomic E-state index is 0.0898. The van der Waals surface area contributed by atoms with E-state index in [1.807, 2.05) is 6.92 Å². The van der Waals surface area contributed by atoms with Gasteiger partial charge in [-0.25, -0.2) is 0 Å². The number of alkyl halides is 3. The zero-order valence-corrected chi connectivity index (χ0v) is 12.6. The number of halogens is 3. The van der Waals surface area contributed by atoms with Crippen molar-refractivity contribution in [2.45, 2.75) is 38.4 Å². The molecule has 2 aliphatic rings. The summed E-state index contributed by atoms with van der Waals surface area (Å²) in [6, 6.07) is -0.0898. The van der Waals surface area contributed by atoms with Crippen LogP contribution in [0.25, 0.3) is 0 Å². The Labute approximate surface area is 127 Å². The van der Waals surface area contributed by atoms with Gasteiger partial charge in [0.25, 0.3) is 0 Å². The van der Waals surface area contributed by atoms with Crippen LogP contribution in [0.15, 0.2) is 0 Å². The number of nitrogens with zero attached hydrogens (tertiary/aromatic N) is 2. The lowest BCUT2D eigenvalue weighted by molar-refractivity contribution is -0.157. The molecule has 0 aromatic carbocycles. The smallest absolute Gasteiger partial charge is 0.338 e. The van der Waals surface area contributed by atoms with Crippen LogP contribution in [0.4, 0.5) is 13.2 Å². The summed E-state index contributed by atoms with van der Waals surface area (Å²) in [7, 11) is 0. The lowest BCUT2D eigenvalue weighted by Gasteiger charge is -2.40. The molecular formula is C14H22F3N3O2. The molecular weight excluding hydrogens is 299 g/mol.